The molecule has 0 amide bonds. The van der Waals surface area contributed by atoms with Crippen LogP contribution in [0.3, 0.4) is 0 Å². The number of hydrogen-bond donors (Lipinski definition) is 0. The van der Waals surface area contributed by atoms with Crippen molar-refractivity contribution in [2.75, 3.05) is 0 Å². The summed E-state index contributed by atoms with van der Waals surface area (Å²) < 4.78 is 36.4. The fourth-order valence-corrected chi connectivity index (χ4v) is 2.29. The van der Waals surface area contributed by atoms with Crippen LogP contribution in [0, 0.1) is 17.3 Å². The molecule has 1 aliphatic carbocycles. The smallest absolute Gasteiger partial charge is 0.165 e. The van der Waals surface area contributed by atoms with Gasteiger partial charge in [0.25, 0.3) is 0 Å². The zero-order valence-corrected chi connectivity index (χ0v) is 9.21. The number of alkyl halides is 3. The van der Waals surface area contributed by atoms with Gasteiger partial charge in [-0.05, 0) is 17.3 Å². The first-order valence-corrected chi connectivity index (χ1v) is 5.03. The number of rotatable bonds is 2. The molecule has 1 aliphatic rings. The summed E-state index contributed by atoms with van der Waals surface area (Å²) in [6, 6.07) is 0. The Morgan fingerprint density at radius 2 is 1.93 bits per heavy atom. The lowest BCUT2D eigenvalue weighted by Gasteiger charge is -2.04. The van der Waals surface area contributed by atoms with Gasteiger partial charge >= 0.3 is 6.18 Å². The van der Waals surface area contributed by atoms with Gasteiger partial charge in [0.05, 0.1) is 0 Å². The first kappa shape index (κ1) is 11.9. The minimum absolute atomic E-state index is 0.0263. The SMILES string of the molecule is CCC1C(/C=C(\Cl)C(F)(F)F)C1(C)C. The van der Waals surface area contributed by atoms with Gasteiger partial charge in [-0.3, -0.25) is 0 Å². The summed E-state index contributed by atoms with van der Waals surface area (Å²) in [5.74, 6) is 0.306. The minimum atomic E-state index is -4.39. The van der Waals surface area contributed by atoms with Crippen LogP contribution in [0.1, 0.15) is 27.2 Å². The van der Waals surface area contributed by atoms with Crippen LogP contribution in [0.2, 0.25) is 0 Å². The highest BCUT2D eigenvalue weighted by Gasteiger charge is 2.55. The van der Waals surface area contributed by atoms with E-state index in [1.165, 1.54) is 0 Å². The quantitative estimate of drug-likeness (QED) is 0.657. The third kappa shape index (κ3) is 2.08. The van der Waals surface area contributed by atoms with Crippen molar-refractivity contribution in [1.29, 1.82) is 0 Å². The van der Waals surface area contributed by atoms with Crippen molar-refractivity contribution in [2.45, 2.75) is 33.4 Å². The van der Waals surface area contributed by atoms with E-state index in [2.05, 4.69) is 0 Å². The second-order valence-electron chi connectivity index (χ2n) is 4.37. The van der Waals surface area contributed by atoms with Gasteiger partial charge in [-0.25, -0.2) is 0 Å². The normalized spacial score (nSPS) is 31.8. The fraction of sp³-hybridized carbons (Fsp3) is 0.800. The van der Waals surface area contributed by atoms with Crippen molar-refractivity contribution >= 4 is 11.6 Å². The van der Waals surface area contributed by atoms with Crippen molar-refractivity contribution in [2.24, 2.45) is 17.3 Å². The van der Waals surface area contributed by atoms with Crippen molar-refractivity contribution in [3.8, 4) is 0 Å². The molecule has 2 atom stereocenters. The molecule has 82 valence electrons. The molecule has 0 nitrogen and oxygen atoms in total. The first-order chi connectivity index (χ1) is 6.21. The Hall–Kier alpha value is -0.180. The van der Waals surface area contributed by atoms with E-state index in [4.69, 9.17) is 11.6 Å². The van der Waals surface area contributed by atoms with Crippen LogP contribution in [0.5, 0.6) is 0 Å². The van der Waals surface area contributed by atoms with E-state index in [1.54, 1.807) is 0 Å². The summed E-state index contributed by atoms with van der Waals surface area (Å²) in [5.41, 5.74) is -0.0276. The van der Waals surface area contributed by atoms with Crippen molar-refractivity contribution < 1.29 is 13.2 Å². The largest absolute Gasteiger partial charge is 0.426 e. The van der Waals surface area contributed by atoms with E-state index in [9.17, 15) is 13.2 Å². The van der Waals surface area contributed by atoms with Gasteiger partial charge in [0.2, 0.25) is 0 Å². The number of allylic oxidation sites excluding steroid dienone is 2. The Bertz CT molecular complexity index is 253. The Morgan fingerprint density at radius 3 is 2.21 bits per heavy atom. The predicted octanol–water partition coefficient (Wildman–Crippen LogP) is 4.35. The summed E-state index contributed by atoms with van der Waals surface area (Å²) in [6.07, 6.45) is -2.33. The van der Waals surface area contributed by atoms with E-state index in [0.29, 0.717) is 5.92 Å². The Balaban J connectivity index is 2.72. The maximum Gasteiger partial charge on any atom is 0.426 e. The predicted molar refractivity (Wildman–Crippen MR) is 51.0 cm³/mol. The molecule has 4 heteroatoms. The van der Waals surface area contributed by atoms with Crippen molar-refractivity contribution in [3.63, 3.8) is 0 Å². The van der Waals surface area contributed by atoms with Crippen LogP contribution in [0.15, 0.2) is 11.1 Å². The van der Waals surface area contributed by atoms with Crippen LogP contribution in [0.4, 0.5) is 13.2 Å². The maximum atomic E-state index is 12.1. The fourth-order valence-electron chi connectivity index (χ4n) is 2.15. The lowest BCUT2D eigenvalue weighted by Crippen LogP contribution is -2.07. The first-order valence-electron chi connectivity index (χ1n) is 4.65. The average molecular weight is 227 g/mol. The lowest BCUT2D eigenvalue weighted by atomic mass is 10.1. The molecule has 14 heavy (non-hydrogen) atoms. The molecule has 0 N–H and O–H groups in total. The molecular weight excluding hydrogens is 213 g/mol. The van der Waals surface area contributed by atoms with E-state index in [0.717, 1.165) is 12.5 Å². The highest BCUT2D eigenvalue weighted by atomic mass is 35.5. The summed E-state index contributed by atoms with van der Waals surface area (Å²) in [5, 5.41) is -0.980. The van der Waals surface area contributed by atoms with E-state index in [-0.39, 0.29) is 11.3 Å². The Kier molecular flexibility index (Phi) is 2.92. The minimum Gasteiger partial charge on any atom is -0.165 e. The van der Waals surface area contributed by atoms with Gasteiger partial charge in [-0.1, -0.05) is 44.9 Å². The standard InChI is InChI=1S/C10H14ClF3/c1-4-6-7(9(6,2)3)5-8(11)10(12,13)14/h5-7H,4H2,1-3H3/b8-5-. The van der Waals surface area contributed by atoms with Crippen molar-refractivity contribution in [3.05, 3.63) is 11.1 Å². The third-order valence-electron chi connectivity index (χ3n) is 3.18. The molecule has 0 aromatic heterocycles. The van der Waals surface area contributed by atoms with Gasteiger partial charge in [-0.15, -0.1) is 0 Å². The second kappa shape index (κ2) is 3.44. The van der Waals surface area contributed by atoms with Gasteiger partial charge < -0.3 is 0 Å². The van der Waals surface area contributed by atoms with Crippen molar-refractivity contribution in [1.82, 2.24) is 0 Å². The molecule has 0 aromatic carbocycles. The van der Waals surface area contributed by atoms with Crippen LogP contribution >= 0.6 is 11.6 Å². The van der Waals surface area contributed by atoms with Crippen LogP contribution in [-0.4, -0.2) is 6.18 Å². The zero-order chi connectivity index (χ0) is 11.1. The molecule has 1 saturated carbocycles. The monoisotopic (exact) mass is 226 g/mol. The molecule has 1 rings (SSSR count). The molecule has 2 unspecified atom stereocenters. The Labute approximate surface area is 87.1 Å². The van der Waals surface area contributed by atoms with Crippen LogP contribution in [0.25, 0.3) is 0 Å². The van der Waals surface area contributed by atoms with Gasteiger partial charge in [0.1, 0.15) is 5.03 Å². The van der Waals surface area contributed by atoms with E-state index in [1.807, 2.05) is 20.8 Å². The Morgan fingerprint density at radius 1 is 1.43 bits per heavy atom. The molecular formula is C10H14ClF3. The highest BCUT2D eigenvalue weighted by Crippen LogP contribution is 2.61. The molecule has 0 aliphatic heterocycles. The highest BCUT2D eigenvalue weighted by molar-refractivity contribution is 6.30. The van der Waals surface area contributed by atoms with Crippen LogP contribution in [-0.2, 0) is 0 Å². The summed E-state index contributed by atoms with van der Waals surface area (Å²) in [7, 11) is 0. The molecule has 0 bridgehead atoms. The molecule has 0 saturated heterocycles. The average Bonchev–Trinajstić information content (AvgIpc) is 2.51. The number of hydrogen-bond acceptors (Lipinski definition) is 0. The second-order valence-corrected chi connectivity index (χ2v) is 4.78. The zero-order valence-electron chi connectivity index (χ0n) is 8.45. The molecule has 0 spiro atoms. The molecule has 0 radical (unpaired) electrons. The van der Waals surface area contributed by atoms with Gasteiger partial charge in [0, 0.05) is 0 Å². The van der Waals surface area contributed by atoms with E-state index >= 15 is 0 Å². The number of halogens is 4. The van der Waals surface area contributed by atoms with Crippen LogP contribution < -0.4 is 0 Å². The maximum absolute atomic E-state index is 12.1. The molecule has 0 aromatic rings. The molecule has 0 heterocycles. The van der Waals surface area contributed by atoms with Gasteiger partial charge in [-0.2, -0.15) is 13.2 Å². The summed E-state index contributed by atoms with van der Waals surface area (Å²) in [4.78, 5) is 0. The third-order valence-corrected chi connectivity index (χ3v) is 3.52. The summed E-state index contributed by atoms with van der Waals surface area (Å²) >= 11 is 5.18. The lowest BCUT2D eigenvalue weighted by molar-refractivity contribution is -0.0848. The topological polar surface area (TPSA) is 0 Å². The van der Waals surface area contributed by atoms with E-state index < -0.39 is 11.2 Å². The van der Waals surface area contributed by atoms with Gasteiger partial charge in [0.15, 0.2) is 0 Å². The molecule has 1 fully saturated rings. The summed E-state index contributed by atoms with van der Waals surface area (Å²) in [6.45, 7) is 5.94.